The molecule has 2 aromatic rings. The van der Waals surface area contributed by atoms with Crippen LogP contribution in [0.5, 0.6) is 0 Å². The predicted molar refractivity (Wildman–Crippen MR) is 93.3 cm³/mol. The first-order valence-electron chi connectivity index (χ1n) is 8.55. The number of aryl methyl sites for hydroxylation is 1. The van der Waals surface area contributed by atoms with Crippen molar-refractivity contribution in [3.63, 3.8) is 0 Å². The summed E-state index contributed by atoms with van der Waals surface area (Å²) in [6, 6.07) is 4.99. The van der Waals surface area contributed by atoms with Gasteiger partial charge >= 0.3 is 0 Å². The highest BCUT2D eigenvalue weighted by Gasteiger charge is 2.27. The van der Waals surface area contributed by atoms with E-state index in [2.05, 4.69) is 16.1 Å². The van der Waals surface area contributed by atoms with E-state index in [0.717, 1.165) is 42.8 Å². The van der Waals surface area contributed by atoms with E-state index in [1.807, 2.05) is 18.7 Å². The second kappa shape index (κ2) is 6.75. The van der Waals surface area contributed by atoms with E-state index in [0.29, 0.717) is 6.42 Å². The molecule has 5 heteroatoms. The highest BCUT2D eigenvalue weighted by molar-refractivity contribution is 5.79. The summed E-state index contributed by atoms with van der Waals surface area (Å²) in [6.45, 7) is 9.09. The summed E-state index contributed by atoms with van der Waals surface area (Å²) < 4.78 is 15.8. The first-order valence-corrected chi connectivity index (χ1v) is 8.55. The average molecular weight is 329 g/mol. The zero-order chi connectivity index (χ0) is 17.3. The van der Waals surface area contributed by atoms with Gasteiger partial charge in [0.05, 0.1) is 11.0 Å². The molecule has 1 amide bonds. The summed E-state index contributed by atoms with van der Waals surface area (Å²) >= 11 is 0. The molecule has 2 heterocycles. The highest BCUT2D eigenvalue weighted by Crippen LogP contribution is 2.29. The van der Waals surface area contributed by atoms with Gasteiger partial charge in [0.1, 0.15) is 11.6 Å². The van der Waals surface area contributed by atoms with Crippen molar-refractivity contribution in [1.82, 2.24) is 14.5 Å². The van der Waals surface area contributed by atoms with E-state index in [-0.39, 0.29) is 23.7 Å². The number of imidazole rings is 1. The first kappa shape index (κ1) is 16.7. The smallest absolute Gasteiger partial charge is 0.225 e. The van der Waals surface area contributed by atoms with Gasteiger partial charge in [0.25, 0.3) is 0 Å². The number of piperidine rings is 1. The van der Waals surface area contributed by atoms with Crippen molar-refractivity contribution in [2.75, 3.05) is 13.1 Å². The van der Waals surface area contributed by atoms with Crippen LogP contribution in [0.4, 0.5) is 4.39 Å². The largest absolute Gasteiger partial charge is 0.342 e. The minimum absolute atomic E-state index is 0.0102. The van der Waals surface area contributed by atoms with Crippen molar-refractivity contribution >= 4 is 16.9 Å². The molecule has 1 aromatic heterocycles. The number of carbonyl (C=O) groups is 1. The average Bonchev–Trinajstić information content (AvgIpc) is 2.89. The van der Waals surface area contributed by atoms with Gasteiger partial charge in [-0.2, -0.15) is 0 Å². The molecule has 0 spiro atoms. The Morgan fingerprint density at radius 1 is 1.46 bits per heavy atom. The molecule has 1 aliphatic rings. The number of halogens is 1. The number of rotatable bonds is 4. The second-order valence-corrected chi connectivity index (χ2v) is 6.64. The van der Waals surface area contributed by atoms with E-state index < -0.39 is 0 Å². The fourth-order valence-electron chi connectivity index (χ4n) is 3.65. The van der Waals surface area contributed by atoms with Crippen LogP contribution in [0.1, 0.15) is 38.1 Å². The van der Waals surface area contributed by atoms with Gasteiger partial charge in [0.15, 0.2) is 0 Å². The SMILES string of the molecule is C=CC[C@H](C)C(=O)N1CCC(n2c(C)nc3ccc(F)cc32)CC1. The molecule has 1 aromatic carbocycles. The number of carbonyl (C=O) groups excluding carboxylic acids is 1. The van der Waals surface area contributed by atoms with Crippen molar-refractivity contribution in [3.8, 4) is 0 Å². The number of benzene rings is 1. The second-order valence-electron chi connectivity index (χ2n) is 6.64. The minimum atomic E-state index is -0.241. The van der Waals surface area contributed by atoms with E-state index in [1.165, 1.54) is 6.07 Å². The molecule has 1 aliphatic heterocycles. The molecule has 0 saturated carbocycles. The van der Waals surface area contributed by atoms with Crippen LogP contribution >= 0.6 is 0 Å². The lowest BCUT2D eigenvalue weighted by Gasteiger charge is -2.34. The Labute approximate surface area is 142 Å². The molecule has 0 unspecified atom stereocenters. The first-order chi connectivity index (χ1) is 11.5. The third-order valence-corrected chi connectivity index (χ3v) is 4.91. The Morgan fingerprint density at radius 2 is 2.17 bits per heavy atom. The van der Waals surface area contributed by atoms with Gasteiger partial charge in [-0.05, 0) is 44.4 Å². The molecular weight excluding hydrogens is 305 g/mol. The van der Waals surface area contributed by atoms with E-state index in [9.17, 15) is 9.18 Å². The molecular formula is C19H24FN3O. The third-order valence-electron chi connectivity index (χ3n) is 4.91. The monoisotopic (exact) mass is 329 g/mol. The molecule has 1 atom stereocenters. The summed E-state index contributed by atoms with van der Waals surface area (Å²) in [5.41, 5.74) is 1.67. The Kier molecular flexibility index (Phi) is 4.69. The van der Waals surface area contributed by atoms with Gasteiger partial charge in [-0.15, -0.1) is 6.58 Å². The Balaban J connectivity index is 1.75. The van der Waals surface area contributed by atoms with Gasteiger partial charge in [-0.3, -0.25) is 4.79 Å². The van der Waals surface area contributed by atoms with Gasteiger partial charge in [0, 0.05) is 25.0 Å². The summed E-state index contributed by atoms with van der Waals surface area (Å²) in [7, 11) is 0. The maximum absolute atomic E-state index is 13.6. The van der Waals surface area contributed by atoms with Crippen LogP contribution < -0.4 is 0 Å². The zero-order valence-corrected chi connectivity index (χ0v) is 14.3. The number of nitrogens with zero attached hydrogens (tertiary/aromatic N) is 3. The number of fused-ring (bicyclic) bond motifs is 1. The van der Waals surface area contributed by atoms with E-state index >= 15 is 0 Å². The molecule has 0 radical (unpaired) electrons. The van der Waals surface area contributed by atoms with Gasteiger partial charge in [-0.1, -0.05) is 13.0 Å². The van der Waals surface area contributed by atoms with Crippen molar-refractivity contribution in [1.29, 1.82) is 0 Å². The number of allylic oxidation sites excluding steroid dienone is 1. The fraction of sp³-hybridized carbons (Fsp3) is 0.474. The molecule has 128 valence electrons. The maximum atomic E-state index is 13.6. The number of aromatic nitrogens is 2. The molecule has 4 nitrogen and oxygen atoms in total. The molecule has 0 bridgehead atoms. The number of hydrogen-bond donors (Lipinski definition) is 0. The number of amides is 1. The van der Waals surface area contributed by atoms with Crippen LogP contribution in [-0.4, -0.2) is 33.4 Å². The minimum Gasteiger partial charge on any atom is -0.342 e. The molecule has 0 N–H and O–H groups in total. The van der Waals surface area contributed by atoms with Crippen molar-refractivity contribution < 1.29 is 9.18 Å². The van der Waals surface area contributed by atoms with E-state index in [1.54, 1.807) is 18.2 Å². The van der Waals surface area contributed by atoms with Gasteiger partial charge < -0.3 is 9.47 Å². The van der Waals surface area contributed by atoms with Crippen molar-refractivity contribution in [2.45, 2.75) is 39.2 Å². The van der Waals surface area contributed by atoms with Crippen LogP contribution in [0.15, 0.2) is 30.9 Å². The van der Waals surface area contributed by atoms with Gasteiger partial charge in [-0.25, -0.2) is 9.37 Å². The van der Waals surface area contributed by atoms with Crippen LogP contribution in [0, 0.1) is 18.7 Å². The lowest BCUT2D eigenvalue weighted by Crippen LogP contribution is -2.41. The topological polar surface area (TPSA) is 38.1 Å². The van der Waals surface area contributed by atoms with Crippen LogP contribution in [0.2, 0.25) is 0 Å². The number of likely N-dealkylation sites (tertiary alicyclic amines) is 1. The van der Waals surface area contributed by atoms with E-state index in [4.69, 9.17) is 0 Å². The quantitative estimate of drug-likeness (QED) is 0.799. The number of hydrogen-bond acceptors (Lipinski definition) is 2. The van der Waals surface area contributed by atoms with Crippen LogP contribution in [0.25, 0.3) is 11.0 Å². The summed E-state index contributed by atoms with van der Waals surface area (Å²) in [4.78, 5) is 18.9. The van der Waals surface area contributed by atoms with Gasteiger partial charge in [0.2, 0.25) is 5.91 Å². The Hall–Kier alpha value is -2.17. The molecule has 1 saturated heterocycles. The molecule has 0 aliphatic carbocycles. The molecule has 24 heavy (non-hydrogen) atoms. The molecule has 1 fully saturated rings. The molecule has 3 rings (SSSR count). The zero-order valence-electron chi connectivity index (χ0n) is 14.3. The lowest BCUT2D eigenvalue weighted by atomic mass is 10.0. The Bertz CT molecular complexity index is 759. The van der Waals surface area contributed by atoms with Crippen molar-refractivity contribution in [3.05, 3.63) is 42.5 Å². The summed E-state index contributed by atoms with van der Waals surface area (Å²) in [6.07, 6.45) is 4.25. The maximum Gasteiger partial charge on any atom is 0.225 e. The fourth-order valence-corrected chi connectivity index (χ4v) is 3.65. The third kappa shape index (κ3) is 3.07. The lowest BCUT2D eigenvalue weighted by molar-refractivity contribution is -0.136. The highest BCUT2D eigenvalue weighted by atomic mass is 19.1. The van der Waals surface area contributed by atoms with Crippen LogP contribution in [0.3, 0.4) is 0 Å². The van der Waals surface area contributed by atoms with Crippen LogP contribution in [-0.2, 0) is 4.79 Å². The Morgan fingerprint density at radius 3 is 2.83 bits per heavy atom. The summed E-state index contributed by atoms with van der Waals surface area (Å²) in [5, 5.41) is 0. The normalized spacial score (nSPS) is 17.2. The standard InChI is InChI=1S/C19H24FN3O/c1-4-5-13(2)19(24)22-10-8-16(9-11-22)23-14(3)21-17-7-6-15(20)12-18(17)23/h4,6-7,12-13,16H,1,5,8-11H2,2-3H3/t13-/m0/s1. The summed E-state index contributed by atoms with van der Waals surface area (Å²) in [5.74, 6) is 0.852. The van der Waals surface area contributed by atoms with Crippen molar-refractivity contribution in [2.24, 2.45) is 5.92 Å². The predicted octanol–water partition coefficient (Wildman–Crippen LogP) is 3.86.